The standard InChI is InChI=1S/C22H27N7O/c1-26-20-18(15-25-26)21(24-16-23-20)28-13-11-27(12-14-28)19(17-7-3-2-4-8-17)22(30)29-9-5-6-10-29/h2-4,7-8,15-16,19H,5-6,9-14H2,1H3. The molecule has 0 spiro atoms. The summed E-state index contributed by atoms with van der Waals surface area (Å²) >= 11 is 0. The molecule has 1 amide bonds. The van der Waals surface area contributed by atoms with Crippen LogP contribution < -0.4 is 4.90 Å². The fraction of sp³-hybridized carbons (Fsp3) is 0.455. The van der Waals surface area contributed by atoms with E-state index in [4.69, 9.17) is 0 Å². The highest BCUT2D eigenvalue weighted by Crippen LogP contribution is 2.29. The molecule has 4 heterocycles. The summed E-state index contributed by atoms with van der Waals surface area (Å²) in [5, 5.41) is 5.30. The molecular weight excluding hydrogens is 378 g/mol. The van der Waals surface area contributed by atoms with Crippen LogP contribution in [0.3, 0.4) is 0 Å². The Balaban J connectivity index is 1.37. The van der Waals surface area contributed by atoms with Gasteiger partial charge >= 0.3 is 0 Å². The van der Waals surface area contributed by atoms with E-state index < -0.39 is 0 Å². The molecule has 2 aliphatic rings. The topological polar surface area (TPSA) is 70.4 Å². The van der Waals surface area contributed by atoms with E-state index >= 15 is 0 Å². The van der Waals surface area contributed by atoms with E-state index in [0.29, 0.717) is 0 Å². The molecule has 3 aromatic rings. The number of nitrogens with zero attached hydrogens (tertiary/aromatic N) is 7. The van der Waals surface area contributed by atoms with E-state index in [1.54, 1.807) is 11.0 Å². The van der Waals surface area contributed by atoms with Crippen LogP contribution in [0, 0.1) is 0 Å². The Kier molecular flexibility index (Phi) is 5.08. The molecule has 2 aliphatic heterocycles. The van der Waals surface area contributed by atoms with Gasteiger partial charge < -0.3 is 9.80 Å². The van der Waals surface area contributed by atoms with Crippen LogP contribution in [-0.2, 0) is 11.8 Å². The molecule has 1 atom stereocenters. The predicted octanol–water partition coefficient (Wildman–Crippen LogP) is 1.85. The van der Waals surface area contributed by atoms with E-state index in [2.05, 4.69) is 37.0 Å². The van der Waals surface area contributed by atoms with Crippen LogP contribution in [0.1, 0.15) is 24.4 Å². The number of amides is 1. The molecule has 0 aliphatic carbocycles. The average Bonchev–Trinajstić information content (AvgIpc) is 3.46. The summed E-state index contributed by atoms with van der Waals surface area (Å²) in [6, 6.07) is 10.00. The van der Waals surface area contributed by atoms with Gasteiger partial charge in [0.15, 0.2) is 5.65 Å². The Hall–Kier alpha value is -3.00. The van der Waals surface area contributed by atoms with Gasteiger partial charge in [0.25, 0.3) is 0 Å². The maximum atomic E-state index is 13.4. The normalized spacial score (nSPS) is 18.8. The minimum Gasteiger partial charge on any atom is -0.353 e. The van der Waals surface area contributed by atoms with E-state index in [1.165, 1.54) is 0 Å². The van der Waals surface area contributed by atoms with Gasteiger partial charge in [0.2, 0.25) is 5.91 Å². The number of fused-ring (bicyclic) bond motifs is 1. The lowest BCUT2D eigenvalue weighted by Gasteiger charge is -2.40. The zero-order valence-corrected chi connectivity index (χ0v) is 17.3. The molecule has 0 bridgehead atoms. The number of hydrogen-bond donors (Lipinski definition) is 0. The number of carbonyl (C=O) groups excluding carboxylic acids is 1. The first-order valence-electron chi connectivity index (χ1n) is 10.7. The molecule has 1 unspecified atom stereocenters. The maximum Gasteiger partial charge on any atom is 0.244 e. The predicted molar refractivity (Wildman–Crippen MR) is 115 cm³/mol. The third kappa shape index (κ3) is 3.41. The fourth-order valence-corrected chi connectivity index (χ4v) is 4.65. The van der Waals surface area contributed by atoms with Crippen LogP contribution in [0.5, 0.6) is 0 Å². The van der Waals surface area contributed by atoms with Gasteiger partial charge in [-0.25, -0.2) is 9.97 Å². The Labute approximate surface area is 176 Å². The fourth-order valence-electron chi connectivity index (χ4n) is 4.65. The van der Waals surface area contributed by atoms with Crippen molar-refractivity contribution in [3.05, 3.63) is 48.4 Å². The van der Waals surface area contributed by atoms with Gasteiger partial charge in [0, 0.05) is 46.3 Å². The van der Waals surface area contributed by atoms with Crippen molar-refractivity contribution in [2.24, 2.45) is 7.05 Å². The SMILES string of the molecule is Cn1ncc2c(N3CCN(C(C(=O)N4CCCC4)c4ccccc4)CC3)ncnc21. The third-order valence-corrected chi connectivity index (χ3v) is 6.25. The molecule has 0 N–H and O–H groups in total. The molecule has 5 rings (SSSR count). The lowest BCUT2D eigenvalue weighted by Crippen LogP contribution is -2.51. The Morgan fingerprint density at radius 1 is 0.967 bits per heavy atom. The third-order valence-electron chi connectivity index (χ3n) is 6.25. The number of carbonyl (C=O) groups is 1. The van der Waals surface area contributed by atoms with Gasteiger partial charge in [-0.3, -0.25) is 14.4 Å². The molecule has 2 saturated heterocycles. The second kappa shape index (κ2) is 8.02. The lowest BCUT2D eigenvalue weighted by atomic mass is 10.0. The van der Waals surface area contributed by atoms with Crippen LogP contribution in [0.25, 0.3) is 11.0 Å². The summed E-state index contributed by atoms with van der Waals surface area (Å²) in [6.07, 6.45) is 5.65. The Morgan fingerprint density at radius 3 is 2.43 bits per heavy atom. The smallest absolute Gasteiger partial charge is 0.244 e. The van der Waals surface area contributed by atoms with Crippen molar-refractivity contribution in [1.82, 2.24) is 29.5 Å². The number of piperazine rings is 1. The van der Waals surface area contributed by atoms with Crippen LogP contribution in [0.4, 0.5) is 5.82 Å². The van der Waals surface area contributed by atoms with Crippen molar-refractivity contribution in [3.63, 3.8) is 0 Å². The van der Waals surface area contributed by atoms with E-state index in [9.17, 15) is 4.79 Å². The number of benzene rings is 1. The zero-order chi connectivity index (χ0) is 20.5. The van der Waals surface area contributed by atoms with Gasteiger partial charge in [-0.2, -0.15) is 5.10 Å². The van der Waals surface area contributed by atoms with Crippen molar-refractivity contribution in [2.45, 2.75) is 18.9 Å². The average molecular weight is 406 g/mol. The molecule has 1 aromatic carbocycles. The van der Waals surface area contributed by atoms with E-state index in [0.717, 1.165) is 74.5 Å². The number of hydrogen-bond acceptors (Lipinski definition) is 6. The van der Waals surface area contributed by atoms with E-state index in [1.807, 2.05) is 36.3 Å². The van der Waals surface area contributed by atoms with Gasteiger partial charge in [0.05, 0.1) is 11.6 Å². The number of anilines is 1. The second-order valence-electron chi connectivity index (χ2n) is 8.07. The Bertz CT molecular complexity index is 1020. The first-order chi connectivity index (χ1) is 14.7. The summed E-state index contributed by atoms with van der Waals surface area (Å²) < 4.78 is 1.77. The van der Waals surface area contributed by atoms with E-state index in [-0.39, 0.29) is 11.9 Å². The lowest BCUT2D eigenvalue weighted by molar-refractivity contribution is -0.136. The highest BCUT2D eigenvalue weighted by atomic mass is 16.2. The summed E-state index contributed by atoms with van der Waals surface area (Å²) in [4.78, 5) is 28.9. The van der Waals surface area contributed by atoms with Gasteiger partial charge in [-0.05, 0) is 18.4 Å². The van der Waals surface area contributed by atoms with Crippen LogP contribution in [0.2, 0.25) is 0 Å². The van der Waals surface area contributed by atoms with Crippen molar-refractivity contribution in [2.75, 3.05) is 44.2 Å². The van der Waals surface area contributed by atoms with Gasteiger partial charge in [-0.1, -0.05) is 30.3 Å². The largest absolute Gasteiger partial charge is 0.353 e. The summed E-state index contributed by atoms with van der Waals surface area (Å²) in [5.74, 6) is 1.17. The summed E-state index contributed by atoms with van der Waals surface area (Å²) in [6.45, 7) is 5.01. The quantitative estimate of drug-likeness (QED) is 0.660. The van der Waals surface area contributed by atoms with Crippen molar-refractivity contribution in [3.8, 4) is 0 Å². The molecule has 156 valence electrons. The number of aryl methyl sites for hydroxylation is 1. The monoisotopic (exact) mass is 405 g/mol. The maximum absolute atomic E-state index is 13.4. The van der Waals surface area contributed by atoms with Crippen molar-refractivity contribution in [1.29, 1.82) is 0 Å². The molecule has 8 heteroatoms. The second-order valence-corrected chi connectivity index (χ2v) is 8.07. The van der Waals surface area contributed by atoms with Gasteiger partial charge in [-0.15, -0.1) is 0 Å². The number of aromatic nitrogens is 4. The van der Waals surface area contributed by atoms with Crippen LogP contribution in [-0.4, -0.2) is 74.7 Å². The molecule has 30 heavy (non-hydrogen) atoms. The number of likely N-dealkylation sites (tertiary alicyclic amines) is 1. The molecule has 2 aromatic heterocycles. The van der Waals surface area contributed by atoms with Crippen LogP contribution >= 0.6 is 0 Å². The van der Waals surface area contributed by atoms with Crippen molar-refractivity contribution < 1.29 is 4.79 Å². The molecule has 8 nitrogen and oxygen atoms in total. The summed E-state index contributed by atoms with van der Waals surface area (Å²) in [5.41, 5.74) is 1.92. The zero-order valence-electron chi connectivity index (χ0n) is 17.3. The molecule has 0 saturated carbocycles. The minimum atomic E-state index is -0.213. The highest BCUT2D eigenvalue weighted by Gasteiger charge is 2.34. The minimum absolute atomic E-state index is 0.213. The Morgan fingerprint density at radius 2 is 1.70 bits per heavy atom. The van der Waals surface area contributed by atoms with Gasteiger partial charge in [0.1, 0.15) is 18.2 Å². The molecule has 2 fully saturated rings. The summed E-state index contributed by atoms with van der Waals surface area (Å²) in [7, 11) is 1.89. The molecular formula is C22H27N7O. The van der Waals surface area contributed by atoms with Crippen molar-refractivity contribution >= 4 is 22.8 Å². The molecule has 0 radical (unpaired) electrons. The first-order valence-corrected chi connectivity index (χ1v) is 10.7. The first kappa shape index (κ1) is 19.0. The highest BCUT2D eigenvalue weighted by molar-refractivity contribution is 5.87. The number of rotatable bonds is 4. The van der Waals surface area contributed by atoms with Crippen LogP contribution in [0.15, 0.2) is 42.9 Å².